The molecule has 0 saturated carbocycles. The number of para-hydroxylation sites is 1. The predicted molar refractivity (Wildman–Crippen MR) is 53.1 cm³/mol. The Hall–Kier alpha value is -1.51. The van der Waals surface area contributed by atoms with Crippen molar-refractivity contribution in [2.75, 3.05) is 12.3 Å². The highest BCUT2D eigenvalue weighted by molar-refractivity contribution is 5.77. The predicted octanol–water partition coefficient (Wildman–Crippen LogP) is 1.17. The molecule has 13 heavy (non-hydrogen) atoms. The van der Waals surface area contributed by atoms with E-state index in [0.29, 0.717) is 0 Å². The monoisotopic (exact) mass is 178 g/mol. The lowest BCUT2D eigenvalue weighted by atomic mass is 10.3. The number of nitrogens with two attached hydrogens (primary N) is 1. The average Bonchev–Trinajstić information content (AvgIpc) is 2.58. The molecule has 1 amide bonds. The van der Waals surface area contributed by atoms with Crippen molar-refractivity contribution in [3.8, 4) is 0 Å². The molecule has 1 fully saturated rings. The number of carbonyl (C=O) groups excluding carboxylic acids is 1. The van der Waals surface area contributed by atoms with Crippen molar-refractivity contribution in [2.45, 2.75) is 12.8 Å². The summed E-state index contributed by atoms with van der Waals surface area (Å²) in [5.41, 5.74) is 6.18. The summed E-state index contributed by atoms with van der Waals surface area (Å²) in [6.45, 7) is 0.888. The van der Waals surface area contributed by atoms with Gasteiger partial charge in [0.05, 0.1) is 0 Å². The maximum absolute atomic E-state index is 10.1. The van der Waals surface area contributed by atoms with E-state index in [-0.39, 0.29) is 5.91 Å². The van der Waals surface area contributed by atoms with Crippen LogP contribution in [0.5, 0.6) is 0 Å². The van der Waals surface area contributed by atoms with Gasteiger partial charge in [0.15, 0.2) is 0 Å². The Kier molecular flexibility index (Phi) is 3.82. The minimum atomic E-state index is 0.204. The third kappa shape index (κ3) is 4.15. The first-order valence-corrected chi connectivity index (χ1v) is 4.36. The van der Waals surface area contributed by atoms with E-state index in [0.717, 1.165) is 25.1 Å². The highest BCUT2D eigenvalue weighted by Gasteiger charge is 2.05. The Morgan fingerprint density at radius 1 is 1.23 bits per heavy atom. The van der Waals surface area contributed by atoms with Crippen LogP contribution in [0.25, 0.3) is 0 Å². The SMILES string of the molecule is Nc1ccccc1.O=C1CCCN1. The molecular formula is C10H14N2O. The summed E-state index contributed by atoms with van der Waals surface area (Å²) in [7, 11) is 0. The van der Waals surface area contributed by atoms with Crippen LogP contribution in [0.2, 0.25) is 0 Å². The maximum atomic E-state index is 10.1. The van der Waals surface area contributed by atoms with Gasteiger partial charge < -0.3 is 11.1 Å². The van der Waals surface area contributed by atoms with Gasteiger partial charge in [-0.05, 0) is 18.6 Å². The number of rotatable bonds is 0. The molecule has 1 aromatic rings. The number of anilines is 1. The van der Waals surface area contributed by atoms with Crippen molar-refractivity contribution in [1.82, 2.24) is 5.32 Å². The number of amides is 1. The van der Waals surface area contributed by atoms with Crippen LogP contribution in [-0.2, 0) is 4.79 Å². The molecule has 0 aromatic heterocycles. The Morgan fingerprint density at radius 3 is 2.15 bits per heavy atom. The molecule has 1 aliphatic heterocycles. The summed E-state index contributed by atoms with van der Waals surface area (Å²) in [6.07, 6.45) is 1.76. The van der Waals surface area contributed by atoms with E-state index in [1.807, 2.05) is 30.3 Å². The fraction of sp³-hybridized carbons (Fsp3) is 0.300. The summed E-state index contributed by atoms with van der Waals surface area (Å²) in [5.74, 6) is 0.204. The van der Waals surface area contributed by atoms with Gasteiger partial charge in [-0.2, -0.15) is 0 Å². The first kappa shape index (κ1) is 9.58. The van der Waals surface area contributed by atoms with Crippen molar-refractivity contribution in [2.24, 2.45) is 0 Å². The first-order chi connectivity index (χ1) is 6.29. The molecule has 1 saturated heterocycles. The van der Waals surface area contributed by atoms with Gasteiger partial charge in [-0.3, -0.25) is 4.79 Å². The zero-order valence-corrected chi connectivity index (χ0v) is 7.49. The molecule has 3 nitrogen and oxygen atoms in total. The van der Waals surface area contributed by atoms with Gasteiger partial charge in [0.1, 0.15) is 0 Å². The van der Waals surface area contributed by atoms with Crippen LogP contribution in [0.15, 0.2) is 30.3 Å². The van der Waals surface area contributed by atoms with Crippen LogP contribution in [0, 0.1) is 0 Å². The fourth-order valence-electron chi connectivity index (χ4n) is 1.02. The molecular weight excluding hydrogens is 164 g/mol. The molecule has 0 aliphatic carbocycles. The fourth-order valence-corrected chi connectivity index (χ4v) is 1.02. The number of carbonyl (C=O) groups is 1. The Morgan fingerprint density at radius 2 is 1.92 bits per heavy atom. The molecule has 3 N–H and O–H groups in total. The minimum absolute atomic E-state index is 0.204. The summed E-state index contributed by atoms with van der Waals surface area (Å²) < 4.78 is 0. The van der Waals surface area contributed by atoms with Crippen molar-refractivity contribution < 1.29 is 4.79 Å². The third-order valence-corrected chi connectivity index (χ3v) is 1.70. The van der Waals surface area contributed by atoms with Gasteiger partial charge in [0.25, 0.3) is 0 Å². The van der Waals surface area contributed by atoms with E-state index in [4.69, 9.17) is 5.73 Å². The summed E-state index contributed by atoms with van der Waals surface area (Å²) in [4.78, 5) is 10.1. The Balaban J connectivity index is 0.000000132. The molecule has 0 spiro atoms. The van der Waals surface area contributed by atoms with Gasteiger partial charge >= 0.3 is 0 Å². The molecule has 0 atom stereocenters. The number of benzene rings is 1. The molecule has 0 radical (unpaired) electrons. The highest BCUT2D eigenvalue weighted by atomic mass is 16.1. The smallest absolute Gasteiger partial charge is 0.220 e. The van der Waals surface area contributed by atoms with Crippen molar-refractivity contribution >= 4 is 11.6 Å². The van der Waals surface area contributed by atoms with Crippen LogP contribution in [0.4, 0.5) is 5.69 Å². The number of nitrogen functional groups attached to an aromatic ring is 1. The van der Waals surface area contributed by atoms with E-state index in [9.17, 15) is 4.79 Å². The molecule has 1 aliphatic rings. The second-order valence-corrected chi connectivity index (χ2v) is 2.86. The first-order valence-electron chi connectivity index (χ1n) is 4.36. The van der Waals surface area contributed by atoms with E-state index in [2.05, 4.69) is 5.32 Å². The number of hydrogen-bond donors (Lipinski definition) is 2. The lowest BCUT2D eigenvalue weighted by Crippen LogP contribution is -2.12. The molecule has 2 rings (SSSR count). The summed E-state index contributed by atoms with van der Waals surface area (Å²) >= 11 is 0. The maximum Gasteiger partial charge on any atom is 0.220 e. The van der Waals surface area contributed by atoms with Crippen LogP contribution < -0.4 is 11.1 Å². The Bertz CT molecular complexity index is 251. The van der Waals surface area contributed by atoms with Gasteiger partial charge in [-0.1, -0.05) is 18.2 Å². The van der Waals surface area contributed by atoms with Crippen LogP contribution >= 0.6 is 0 Å². The highest BCUT2D eigenvalue weighted by Crippen LogP contribution is 1.96. The van der Waals surface area contributed by atoms with E-state index < -0.39 is 0 Å². The second kappa shape index (κ2) is 5.19. The topological polar surface area (TPSA) is 55.1 Å². The van der Waals surface area contributed by atoms with Crippen LogP contribution in [0.1, 0.15) is 12.8 Å². The molecule has 3 heteroatoms. The summed E-state index contributed by atoms with van der Waals surface area (Å²) in [6, 6.07) is 9.49. The summed E-state index contributed by atoms with van der Waals surface area (Å²) in [5, 5.41) is 2.68. The molecule has 1 heterocycles. The van der Waals surface area contributed by atoms with Crippen LogP contribution in [-0.4, -0.2) is 12.5 Å². The molecule has 1 aromatic carbocycles. The van der Waals surface area contributed by atoms with E-state index in [1.54, 1.807) is 0 Å². The van der Waals surface area contributed by atoms with Crippen molar-refractivity contribution in [3.63, 3.8) is 0 Å². The van der Waals surface area contributed by atoms with E-state index in [1.165, 1.54) is 0 Å². The van der Waals surface area contributed by atoms with Crippen molar-refractivity contribution in [3.05, 3.63) is 30.3 Å². The molecule has 0 bridgehead atoms. The standard InChI is InChI=1S/C6H7N.C4H7NO/c7-6-4-2-1-3-5-6;6-4-2-1-3-5-4/h1-5H,7H2;1-3H2,(H,5,6). The lowest BCUT2D eigenvalue weighted by molar-refractivity contribution is -0.119. The minimum Gasteiger partial charge on any atom is -0.399 e. The quantitative estimate of drug-likeness (QED) is 0.586. The van der Waals surface area contributed by atoms with Crippen LogP contribution in [0.3, 0.4) is 0 Å². The molecule has 0 unspecified atom stereocenters. The Labute approximate surface area is 77.9 Å². The zero-order valence-electron chi connectivity index (χ0n) is 7.49. The largest absolute Gasteiger partial charge is 0.399 e. The molecule has 70 valence electrons. The third-order valence-electron chi connectivity index (χ3n) is 1.70. The van der Waals surface area contributed by atoms with Gasteiger partial charge in [0, 0.05) is 18.7 Å². The number of nitrogens with one attached hydrogen (secondary N) is 1. The van der Waals surface area contributed by atoms with Crippen molar-refractivity contribution in [1.29, 1.82) is 0 Å². The lowest BCUT2D eigenvalue weighted by Gasteiger charge is -1.83. The van der Waals surface area contributed by atoms with Gasteiger partial charge in [-0.25, -0.2) is 0 Å². The van der Waals surface area contributed by atoms with E-state index >= 15 is 0 Å². The number of hydrogen-bond acceptors (Lipinski definition) is 2. The second-order valence-electron chi connectivity index (χ2n) is 2.86. The zero-order chi connectivity index (χ0) is 9.52. The van der Waals surface area contributed by atoms with Gasteiger partial charge in [0.2, 0.25) is 5.91 Å². The average molecular weight is 178 g/mol. The van der Waals surface area contributed by atoms with Gasteiger partial charge in [-0.15, -0.1) is 0 Å². The normalized spacial score (nSPS) is 14.3.